The van der Waals surface area contributed by atoms with E-state index >= 15 is 0 Å². The van der Waals surface area contributed by atoms with Crippen LogP contribution in [0.25, 0.3) is 0 Å². The van der Waals surface area contributed by atoms with Gasteiger partial charge in [0.2, 0.25) is 5.91 Å². The lowest BCUT2D eigenvalue weighted by Gasteiger charge is -2.35. The van der Waals surface area contributed by atoms with Gasteiger partial charge in [0.1, 0.15) is 0 Å². The third-order valence-corrected chi connectivity index (χ3v) is 3.36. The number of hydrogen-bond donors (Lipinski definition) is 1. The fourth-order valence-corrected chi connectivity index (χ4v) is 2.37. The zero-order valence-corrected chi connectivity index (χ0v) is 9.61. The van der Waals surface area contributed by atoms with E-state index in [0.29, 0.717) is 6.54 Å². The van der Waals surface area contributed by atoms with Crippen molar-refractivity contribution in [1.82, 2.24) is 15.1 Å². The van der Waals surface area contributed by atoms with Gasteiger partial charge in [-0.3, -0.25) is 9.69 Å². The Balaban J connectivity index is 1.80. The van der Waals surface area contributed by atoms with E-state index in [1.807, 2.05) is 4.90 Å². The number of amides is 1. The molecule has 0 saturated carbocycles. The van der Waals surface area contributed by atoms with Crippen LogP contribution in [-0.4, -0.2) is 61.0 Å². The highest BCUT2D eigenvalue weighted by Gasteiger charge is 2.28. The molecule has 1 amide bonds. The summed E-state index contributed by atoms with van der Waals surface area (Å²) in [5.41, 5.74) is 0. The molecule has 1 N–H and O–H groups in total. The Morgan fingerprint density at radius 3 is 2.69 bits per heavy atom. The third-order valence-electron chi connectivity index (χ3n) is 3.36. The molecule has 88 valence electrons. The fraction of sp³-hybridized carbons (Fsp3) is 0.750. The second-order valence-corrected chi connectivity index (χ2v) is 4.45. The number of hydrogen-bond acceptors (Lipinski definition) is 3. The Morgan fingerprint density at radius 2 is 2.12 bits per heavy atom. The van der Waals surface area contributed by atoms with Crippen molar-refractivity contribution in [2.24, 2.45) is 0 Å². The monoisotopic (exact) mass is 221 g/mol. The Hall–Kier alpha value is -1.05. The van der Waals surface area contributed by atoms with E-state index in [0.717, 1.165) is 45.6 Å². The van der Waals surface area contributed by atoms with Gasteiger partial charge in [0.15, 0.2) is 0 Å². The van der Waals surface area contributed by atoms with E-state index in [-0.39, 0.29) is 11.9 Å². The number of terminal acetylenes is 1. The minimum Gasteiger partial charge on any atom is -0.339 e. The van der Waals surface area contributed by atoms with Crippen LogP contribution < -0.4 is 5.32 Å². The van der Waals surface area contributed by atoms with E-state index in [4.69, 9.17) is 6.42 Å². The first-order chi connectivity index (χ1) is 7.81. The van der Waals surface area contributed by atoms with Gasteiger partial charge in [-0.2, -0.15) is 0 Å². The second-order valence-electron chi connectivity index (χ2n) is 4.45. The normalized spacial score (nSPS) is 26.7. The molecular weight excluding hydrogens is 202 g/mol. The van der Waals surface area contributed by atoms with Crippen LogP contribution in [0.5, 0.6) is 0 Å². The molecule has 0 bridgehead atoms. The molecule has 1 unspecified atom stereocenters. The molecule has 2 saturated heterocycles. The lowest BCUT2D eigenvalue weighted by Crippen LogP contribution is -2.53. The average Bonchev–Trinajstić information content (AvgIpc) is 2.83. The minimum absolute atomic E-state index is 0.0687. The van der Waals surface area contributed by atoms with Gasteiger partial charge in [0.05, 0.1) is 12.6 Å². The zero-order chi connectivity index (χ0) is 11.4. The summed E-state index contributed by atoms with van der Waals surface area (Å²) in [5, 5.41) is 3.25. The van der Waals surface area contributed by atoms with E-state index in [1.54, 1.807) is 0 Å². The first-order valence-corrected chi connectivity index (χ1v) is 5.99. The van der Waals surface area contributed by atoms with Gasteiger partial charge in [0, 0.05) is 26.2 Å². The molecule has 2 heterocycles. The van der Waals surface area contributed by atoms with Crippen molar-refractivity contribution in [1.29, 1.82) is 0 Å². The Bertz CT molecular complexity index is 283. The lowest BCUT2D eigenvalue weighted by molar-refractivity contribution is -0.134. The highest BCUT2D eigenvalue weighted by molar-refractivity contribution is 5.82. The Labute approximate surface area is 97.0 Å². The van der Waals surface area contributed by atoms with Crippen molar-refractivity contribution in [3.63, 3.8) is 0 Å². The van der Waals surface area contributed by atoms with Crippen molar-refractivity contribution in [3.8, 4) is 12.3 Å². The van der Waals surface area contributed by atoms with E-state index in [9.17, 15) is 4.79 Å². The summed E-state index contributed by atoms with van der Waals surface area (Å²) < 4.78 is 0. The molecule has 0 aromatic heterocycles. The summed E-state index contributed by atoms with van der Waals surface area (Å²) in [6.45, 7) is 5.12. The molecule has 4 heteroatoms. The highest BCUT2D eigenvalue weighted by Crippen LogP contribution is 2.10. The minimum atomic E-state index is 0.0687. The fourth-order valence-electron chi connectivity index (χ4n) is 2.37. The Kier molecular flexibility index (Phi) is 3.81. The quantitative estimate of drug-likeness (QED) is 0.640. The van der Waals surface area contributed by atoms with Crippen LogP contribution in [0.3, 0.4) is 0 Å². The number of rotatable bonds is 2. The number of carbonyl (C=O) groups excluding carboxylic acids is 1. The molecule has 0 aliphatic carbocycles. The maximum Gasteiger partial charge on any atom is 0.239 e. The van der Waals surface area contributed by atoms with Crippen LogP contribution in [0.15, 0.2) is 0 Å². The predicted octanol–water partition coefficient (Wildman–Crippen LogP) is -0.484. The van der Waals surface area contributed by atoms with Gasteiger partial charge in [-0.05, 0) is 19.4 Å². The van der Waals surface area contributed by atoms with Crippen LogP contribution in [0.1, 0.15) is 12.8 Å². The molecule has 0 radical (unpaired) electrons. The maximum atomic E-state index is 12.1. The predicted molar refractivity (Wildman–Crippen MR) is 62.9 cm³/mol. The molecular formula is C12H19N3O. The third kappa shape index (κ3) is 2.55. The lowest BCUT2D eigenvalue weighted by atomic mass is 10.2. The summed E-state index contributed by atoms with van der Waals surface area (Å²) in [7, 11) is 0. The van der Waals surface area contributed by atoms with E-state index in [2.05, 4.69) is 16.1 Å². The second kappa shape index (κ2) is 5.33. The van der Waals surface area contributed by atoms with Crippen LogP contribution in [0.4, 0.5) is 0 Å². The topological polar surface area (TPSA) is 35.6 Å². The van der Waals surface area contributed by atoms with Crippen LogP contribution >= 0.6 is 0 Å². The van der Waals surface area contributed by atoms with E-state index < -0.39 is 0 Å². The summed E-state index contributed by atoms with van der Waals surface area (Å²) in [5.74, 6) is 2.92. The highest BCUT2D eigenvalue weighted by atomic mass is 16.2. The number of nitrogens with zero attached hydrogens (tertiary/aromatic N) is 2. The standard InChI is InChI=1S/C12H19N3O/c1-2-6-14-7-9-15(10-8-14)12(16)11-4-3-5-13-11/h1,11,13H,3-10H2. The molecule has 4 nitrogen and oxygen atoms in total. The van der Waals surface area contributed by atoms with Gasteiger partial charge in [-0.1, -0.05) is 5.92 Å². The average molecular weight is 221 g/mol. The van der Waals surface area contributed by atoms with Crippen molar-refractivity contribution < 1.29 is 4.79 Å². The SMILES string of the molecule is C#CCN1CCN(C(=O)C2CCCN2)CC1. The van der Waals surface area contributed by atoms with Crippen LogP contribution in [0, 0.1) is 12.3 Å². The van der Waals surface area contributed by atoms with Crippen LogP contribution in [0.2, 0.25) is 0 Å². The summed E-state index contributed by atoms with van der Waals surface area (Å²) in [6.07, 6.45) is 7.38. The molecule has 16 heavy (non-hydrogen) atoms. The first kappa shape index (κ1) is 11.4. The largest absolute Gasteiger partial charge is 0.339 e. The molecule has 2 fully saturated rings. The molecule has 0 aromatic rings. The van der Waals surface area contributed by atoms with Crippen molar-refractivity contribution in [3.05, 3.63) is 0 Å². The summed E-state index contributed by atoms with van der Waals surface area (Å²) in [6, 6.07) is 0.0687. The molecule has 0 aromatic carbocycles. The molecule has 2 rings (SSSR count). The van der Waals surface area contributed by atoms with Gasteiger partial charge < -0.3 is 10.2 Å². The number of piperazine rings is 1. The van der Waals surface area contributed by atoms with Crippen molar-refractivity contribution >= 4 is 5.91 Å². The van der Waals surface area contributed by atoms with Crippen LogP contribution in [-0.2, 0) is 4.79 Å². The van der Waals surface area contributed by atoms with Crippen molar-refractivity contribution in [2.45, 2.75) is 18.9 Å². The van der Waals surface area contributed by atoms with Gasteiger partial charge in [0.25, 0.3) is 0 Å². The van der Waals surface area contributed by atoms with Gasteiger partial charge >= 0.3 is 0 Å². The van der Waals surface area contributed by atoms with Crippen molar-refractivity contribution in [2.75, 3.05) is 39.3 Å². The number of nitrogens with one attached hydrogen (secondary N) is 1. The summed E-state index contributed by atoms with van der Waals surface area (Å²) >= 11 is 0. The zero-order valence-electron chi connectivity index (χ0n) is 9.61. The first-order valence-electron chi connectivity index (χ1n) is 5.99. The maximum absolute atomic E-state index is 12.1. The molecule has 0 spiro atoms. The van der Waals surface area contributed by atoms with E-state index in [1.165, 1.54) is 0 Å². The summed E-state index contributed by atoms with van der Waals surface area (Å²) in [4.78, 5) is 16.3. The number of carbonyl (C=O) groups is 1. The molecule has 2 aliphatic heterocycles. The molecule has 2 aliphatic rings. The van der Waals surface area contributed by atoms with Gasteiger partial charge in [-0.25, -0.2) is 0 Å². The smallest absolute Gasteiger partial charge is 0.239 e. The van der Waals surface area contributed by atoms with Gasteiger partial charge in [-0.15, -0.1) is 6.42 Å². The Morgan fingerprint density at radius 1 is 1.38 bits per heavy atom. The molecule has 1 atom stereocenters.